The van der Waals surface area contributed by atoms with Crippen LogP contribution in [-0.2, 0) is 14.3 Å². The summed E-state index contributed by atoms with van der Waals surface area (Å²) in [4.78, 5) is 27.2. The third-order valence-electron chi connectivity index (χ3n) is 5.78. The summed E-state index contributed by atoms with van der Waals surface area (Å²) in [5, 5.41) is 2.79. The van der Waals surface area contributed by atoms with E-state index in [0.717, 1.165) is 18.4 Å². The van der Waals surface area contributed by atoms with Crippen LogP contribution >= 0.6 is 0 Å². The molecule has 0 aromatic heterocycles. The molecular formula is C19H32N2O4. The first kappa shape index (κ1) is 19.8. The van der Waals surface area contributed by atoms with Crippen LogP contribution in [0, 0.1) is 17.8 Å². The fourth-order valence-corrected chi connectivity index (χ4v) is 3.69. The van der Waals surface area contributed by atoms with Crippen molar-refractivity contribution in [3.8, 4) is 0 Å². The van der Waals surface area contributed by atoms with E-state index in [1.54, 1.807) is 0 Å². The van der Waals surface area contributed by atoms with Crippen LogP contribution in [0.4, 0.5) is 4.79 Å². The van der Waals surface area contributed by atoms with Gasteiger partial charge in [0, 0.05) is 25.8 Å². The topological polar surface area (TPSA) is 67.9 Å². The molecule has 1 aliphatic heterocycles. The predicted molar refractivity (Wildman–Crippen MR) is 96.1 cm³/mol. The maximum Gasteiger partial charge on any atom is 0.407 e. The zero-order chi connectivity index (χ0) is 18.6. The average molecular weight is 352 g/mol. The van der Waals surface area contributed by atoms with Crippen molar-refractivity contribution >= 4 is 12.0 Å². The molecule has 2 fully saturated rings. The quantitative estimate of drug-likeness (QED) is 0.746. The van der Waals surface area contributed by atoms with Crippen molar-refractivity contribution in [3.05, 3.63) is 11.6 Å². The van der Waals surface area contributed by atoms with Gasteiger partial charge in [-0.15, -0.1) is 0 Å². The lowest BCUT2D eigenvalue weighted by Crippen LogP contribution is -2.54. The van der Waals surface area contributed by atoms with Crippen molar-refractivity contribution in [2.24, 2.45) is 17.8 Å². The summed E-state index contributed by atoms with van der Waals surface area (Å²) in [5.41, 5.74) is 1.16. The van der Waals surface area contributed by atoms with Gasteiger partial charge in [0.05, 0.1) is 7.11 Å². The molecule has 6 nitrogen and oxygen atoms in total. The summed E-state index contributed by atoms with van der Waals surface area (Å²) in [7, 11) is 1.33. The van der Waals surface area contributed by atoms with Crippen LogP contribution in [0.3, 0.4) is 0 Å². The van der Waals surface area contributed by atoms with Gasteiger partial charge in [-0.25, -0.2) is 4.79 Å². The van der Waals surface area contributed by atoms with Crippen LogP contribution < -0.4 is 5.32 Å². The van der Waals surface area contributed by atoms with Crippen LogP contribution in [0.1, 0.15) is 40.5 Å². The lowest BCUT2D eigenvalue weighted by Gasteiger charge is -2.34. The van der Waals surface area contributed by atoms with Crippen LogP contribution in [0.2, 0.25) is 0 Å². The second-order valence-electron chi connectivity index (χ2n) is 7.37. The summed E-state index contributed by atoms with van der Waals surface area (Å²) in [6.45, 7) is 10.2. The Morgan fingerprint density at radius 1 is 1.28 bits per heavy atom. The van der Waals surface area contributed by atoms with E-state index in [1.165, 1.54) is 7.11 Å². The first-order chi connectivity index (χ1) is 11.9. The third-order valence-corrected chi connectivity index (χ3v) is 5.78. The number of allylic oxidation sites excluding steroid dienone is 1. The smallest absolute Gasteiger partial charge is 0.407 e. The highest BCUT2D eigenvalue weighted by Gasteiger charge is 2.50. The SMILES string of the molecule is CC=C(C)CN(C(=O)C(NC(=O)OC)C1CCOCC1)C1C(C)C1C. The van der Waals surface area contributed by atoms with Gasteiger partial charge < -0.3 is 19.7 Å². The van der Waals surface area contributed by atoms with E-state index in [2.05, 4.69) is 19.2 Å². The van der Waals surface area contributed by atoms with Gasteiger partial charge in [-0.05, 0) is 44.4 Å². The molecule has 1 saturated heterocycles. The molecule has 1 N–H and O–H groups in total. The van der Waals surface area contributed by atoms with Crippen molar-refractivity contribution in [3.63, 3.8) is 0 Å². The van der Waals surface area contributed by atoms with Gasteiger partial charge >= 0.3 is 6.09 Å². The third kappa shape index (κ3) is 4.75. The standard InChI is InChI=1S/C19H32N2O4/c1-6-12(2)11-21(17-13(3)14(17)4)18(22)16(20-19(23)24-5)15-7-9-25-10-8-15/h6,13-17H,7-11H2,1-5H3,(H,20,23). The second kappa shape index (κ2) is 8.70. The second-order valence-corrected chi connectivity index (χ2v) is 7.37. The van der Waals surface area contributed by atoms with Crippen LogP contribution in [0.25, 0.3) is 0 Å². The molecule has 3 atom stereocenters. The molecule has 0 radical (unpaired) electrons. The van der Waals surface area contributed by atoms with E-state index >= 15 is 0 Å². The summed E-state index contributed by atoms with van der Waals surface area (Å²) < 4.78 is 10.2. The van der Waals surface area contributed by atoms with E-state index in [4.69, 9.17) is 9.47 Å². The Kier molecular flexibility index (Phi) is 6.87. The summed E-state index contributed by atoms with van der Waals surface area (Å²) in [6.07, 6.45) is 3.03. The molecule has 6 heteroatoms. The lowest BCUT2D eigenvalue weighted by molar-refractivity contribution is -0.136. The van der Waals surface area contributed by atoms with E-state index < -0.39 is 12.1 Å². The number of alkyl carbamates (subject to hydrolysis) is 1. The van der Waals surface area contributed by atoms with Crippen molar-refractivity contribution in [2.45, 2.75) is 52.6 Å². The van der Waals surface area contributed by atoms with Crippen molar-refractivity contribution in [2.75, 3.05) is 26.9 Å². The Balaban J connectivity index is 2.21. The Bertz CT molecular complexity index is 506. The zero-order valence-electron chi connectivity index (χ0n) is 16.1. The molecule has 2 aliphatic rings. The van der Waals surface area contributed by atoms with Crippen molar-refractivity contribution in [1.29, 1.82) is 0 Å². The van der Waals surface area contributed by atoms with Gasteiger partial charge in [0.15, 0.2) is 0 Å². The molecule has 3 unspecified atom stereocenters. The Hall–Kier alpha value is -1.56. The van der Waals surface area contributed by atoms with Gasteiger partial charge in [0.1, 0.15) is 6.04 Å². The normalized spacial score (nSPS) is 28.2. The van der Waals surface area contributed by atoms with Gasteiger partial charge in [-0.2, -0.15) is 0 Å². The number of rotatable bonds is 6. The number of hydrogen-bond donors (Lipinski definition) is 1. The molecule has 0 aromatic rings. The molecule has 1 saturated carbocycles. The minimum atomic E-state index is -0.555. The maximum absolute atomic E-state index is 13.4. The number of nitrogens with one attached hydrogen (secondary N) is 1. The molecule has 0 spiro atoms. The van der Waals surface area contributed by atoms with Crippen LogP contribution in [-0.4, -0.2) is 55.9 Å². The first-order valence-electron chi connectivity index (χ1n) is 9.25. The maximum atomic E-state index is 13.4. The highest BCUT2D eigenvalue weighted by Crippen LogP contribution is 2.43. The fourth-order valence-electron chi connectivity index (χ4n) is 3.69. The molecule has 1 heterocycles. The minimum Gasteiger partial charge on any atom is -0.453 e. The molecule has 1 aliphatic carbocycles. The Morgan fingerprint density at radius 3 is 2.36 bits per heavy atom. The number of nitrogens with zero attached hydrogens (tertiary/aromatic N) is 1. The number of amides is 2. The number of carbonyl (C=O) groups is 2. The van der Waals surface area contributed by atoms with Crippen molar-refractivity contribution in [1.82, 2.24) is 10.2 Å². The highest BCUT2D eigenvalue weighted by molar-refractivity contribution is 5.86. The van der Waals surface area contributed by atoms with Gasteiger partial charge in [-0.1, -0.05) is 25.5 Å². The number of ether oxygens (including phenoxy) is 2. The Labute approximate surface area is 150 Å². The number of methoxy groups -OCH3 is 1. The molecule has 2 rings (SSSR count). The van der Waals surface area contributed by atoms with Gasteiger partial charge in [0.2, 0.25) is 5.91 Å². The fraction of sp³-hybridized carbons (Fsp3) is 0.789. The van der Waals surface area contributed by atoms with Crippen LogP contribution in [0.5, 0.6) is 0 Å². The average Bonchev–Trinajstić information content (AvgIpc) is 3.23. The lowest BCUT2D eigenvalue weighted by atomic mass is 9.90. The molecule has 0 bridgehead atoms. The highest BCUT2D eigenvalue weighted by atomic mass is 16.5. The van der Waals surface area contributed by atoms with Crippen LogP contribution in [0.15, 0.2) is 11.6 Å². The molecule has 0 aromatic carbocycles. The molecular weight excluding hydrogens is 320 g/mol. The van der Waals surface area contributed by atoms with E-state index in [9.17, 15) is 9.59 Å². The van der Waals surface area contributed by atoms with E-state index in [1.807, 2.05) is 24.8 Å². The van der Waals surface area contributed by atoms with Crippen molar-refractivity contribution < 1.29 is 19.1 Å². The summed E-state index contributed by atoms with van der Waals surface area (Å²) in [5.74, 6) is 1.06. The molecule has 142 valence electrons. The number of carbonyl (C=O) groups excluding carboxylic acids is 2. The zero-order valence-corrected chi connectivity index (χ0v) is 16.1. The largest absolute Gasteiger partial charge is 0.453 e. The summed E-state index contributed by atoms with van der Waals surface area (Å²) in [6, 6.07) is -0.315. The van der Waals surface area contributed by atoms with Gasteiger partial charge in [-0.3, -0.25) is 4.79 Å². The predicted octanol–water partition coefficient (Wildman–Crippen LogP) is 2.59. The monoisotopic (exact) mass is 352 g/mol. The van der Waals surface area contributed by atoms with E-state index in [0.29, 0.717) is 31.6 Å². The molecule has 2 amide bonds. The van der Waals surface area contributed by atoms with E-state index in [-0.39, 0.29) is 17.9 Å². The number of hydrogen-bond acceptors (Lipinski definition) is 4. The first-order valence-corrected chi connectivity index (χ1v) is 9.25. The molecule has 25 heavy (non-hydrogen) atoms. The minimum absolute atomic E-state index is 0.000278. The van der Waals surface area contributed by atoms with Gasteiger partial charge in [0.25, 0.3) is 0 Å². The summed E-state index contributed by atoms with van der Waals surface area (Å²) >= 11 is 0. The Morgan fingerprint density at radius 2 is 1.88 bits per heavy atom.